The lowest BCUT2D eigenvalue weighted by molar-refractivity contribution is -0.138. The van der Waals surface area contributed by atoms with E-state index in [1.54, 1.807) is 24.3 Å². The zero-order chi connectivity index (χ0) is 17.7. The van der Waals surface area contributed by atoms with E-state index < -0.39 is 29.0 Å². The van der Waals surface area contributed by atoms with Crippen molar-refractivity contribution in [2.45, 2.75) is 19.2 Å². The van der Waals surface area contributed by atoms with E-state index in [0.717, 1.165) is 23.3 Å². The van der Waals surface area contributed by atoms with Crippen molar-refractivity contribution in [1.82, 2.24) is 5.32 Å². The van der Waals surface area contributed by atoms with E-state index in [9.17, 15) is 22.4 Å². The van der Waals surface area contributed by atoms with Crippen LogP contribution in [0.4, 0.5) is 17.6 Å². The molecule has 0 fully saturated rings. The summed E-state index contributed by atoms with van der Waals surface area (Å²) in [7, 11) is 0. The van der Waals surface area contributed by atoms with E-state index in [0.29, 0.717) is 12.5 Å². The summed E-state index contributed by atoms with van der Waals surface area (Å²) < 4.78 is 51.7. The van der Waals surface area contributed by atoms with Crippen molar-refractivity contribution in [3.63, 3.8) is 0 Å². The summed E-state index contributed by atoms with van der Waals surface area (Å²) in [6.07, 6.45) is -4.39. The molecule has 128 valence electrons. The van der Waals surface area contributed by atoms with Crippen LogP contribution >= 0.6 is 0 Å². The Kier molecular flexibility index (Phi) is 5.56. The maximum absolute atomic E-state index is 13.0. The number of carbonyl (C=O) groups excluding carboxylic acids is 1. The smallest absolute Gasteiger partial charge is 0.392 e. The Balaban J connectivity index is 2.02. The second kappa shape index (κ2) is 7.44. The summed E-state index contributed by atoms with van der Waals surface area (Å²) in [5.41, 5.74) is -0.307. The van der Waals surface area contributed by atoms with Crippen LogP contribution in [-0.2, 0) is 19.2 Å². The first-order chi connectivity index (χ1) is 11.3. The largest absolute Gasteiger partial charge is 0.417 e. The Hall–Kier alpha value is -2.41. The van der Waals surface area contributed by atoms with Crippen molar-refractivity contribution in [3.8, 4) is 0 Å². The van der Waals surface area contributed by atoms with Gasteiger partial charge in [-0.25, -0.2) is 4.39 Å². The van der Waals surface area contributed by atoms with Crippen molar-refractivity contribution in [1.29, 1.82) is 0 Å². The summed E-state index contributed by atoms with van der Waals surface area (Å²) in [6.45, 7) is 0.0494. The van der Waals surface area contributed by atoms with Crippen LogP contribution in [0.25, 0.3) is 0 Å². The maximum Gasteiger partial charge on any atom is 0.417 e. The van der Waals surface area contributed by atoms with Crippen molar-refractivity contribution in [2.75, 3.05) is 6.54 Å². The number of amides is 1. The number of alkyl halides is 3. The lowest BCUT2D eigenvalue weighted by Crippen LogP contribution is -2.28. The minimum atomic E-state index is -4.81. The standard InChI is InChI=1S/C17H15F4NO2/c18-13-5-6-14(15(9-13)17(19,20)21)16(24)22-8-7-11-1-3-12(10-23)4-2-11/h1-6,9,23H,7-8,10H2,(H,22,24). The molecule has 0 aliphatic heterocycles. The summed E-state index contributed by atoms with van der Waals surface area (Å²) in [6, 6.07) is 8.91. The predicted molar refractivity (Wildman–Crippen MR) is 79.8 cm³/mol. The number of carbonyl (C=O) groups is 1. The molecule has 0 aliphatic rings. The number of rotatable bonds is 5. The van der Waals surface area contributed by atoms with Crippen LogP contribution < -0.4 is 5.32 Å². The third-order valence-electron chi connectivity index (χ3n) is 3.44. The van der Waals surface area contributed by atoms with Crippen LogP contribution in [0.1, 0.15) is 27.0 Å². The van der Waals surface area contributed by atoms with E-state index in [4.69, 9.17) is 5.11 Å². The normalized spacial score (nSPS) is 11.4. The van der Waals surface area contributed by atoms with Crippen LogP contribution in [0.15, 0.2) is 42.5 Å². The number of benzene rings is 2. The van der Waals surface area contributed by atoms with Crippen molar-refractivity contribution < 1.29 is 27.5 Å². The molecule has 2 N–H and O–H groups in total. The Morgan fingerprint density at radius 1 is 1.04 bits per heavy atom. The van der Waals surface area contributed by atoms with Gasteiger partial charge in [-0.1, -0.05) is 24.3 Å². The van der Waals surface area contributed by atoms with Crippen LogP contribution in [-0.4, -0.2) is 17.6 Å². The van der Waals surface area contributed by atoms with Crippen molar-refractivity contribution in [3.05, 3.63) is 70.5 Å². The summed E-state index contributed by atoms with van der Waals surface area (Å²) in [5, 5.41) is 11.3. The maximum atomic E-state index is 13.0. The van der Waals surface area contributed by atoms with Gasteiger partial charge in [0.05, 0.1) is 17.7 Å². The first-order valence-electron chi connectivity index (χ1n) is 7.15. The number of hydrogen-bond donors (Lipinski definition) is 2. The molecule has 0 heterocycles. The average Bonchev–Trinajstić information content (AvgIpc) is 2.54. The second-order valence-electron chi connectivity index (χ2n) is 5.17. The molecule has 0 radical (unpaired) electrons. The molecular formula is C17H15F4NO2. The van der Waals surface area contributed by atoms with Crippen LogP contribution in [0.3, 0.4) is 0 Å². The Morgan fingerprint density at radius 2 is 1.67 bits per heavy atom. The fourth-order valence-corrected chi connectivity index (χ4v) is 2.18. The molecule has 7 heteroatoms. The van der Waals surface area contributed by atoms with Gasteiger partial charge in [0.15, 0.2) is 0 Å². The van der Waals surface area contributed by atoms with Gasteiger partial charge in [-0.15, -0.1) is 0 Å². The van der Waals surface area contributed by atoms with E-state index >= 15 is 0 Å². The van der Waals surface area contributed by atoms with E-state index in [2.05, 4.69) is 5.32 Å². The quantitative estimate of drug-likeness (QED) is 0.820. The number of nitrogens with one attached hydrogen (secondary N) is 1. The average molecular weight is 341 g/mol. The molecule has 0 unspecified atom stereocenters. The molecule has 2 aromatic carbocycles. The highest BCUT2D eigenvalue weighted by molar-refractivity contribution is 5.95. The minimum Gasteiger partial charge on any atom is -0.392 e. The molecule has 0 saturated heterocycles. The third kappa shape index (κ3) is 4.55. The minimum absolute atomic E-state index is 0.0815. The fourth-order valence-electron chi connectivity index (χ4n) is 2.18. The first kappa shape index (κ1) is 17.9. The van der Waals surface area contributed by atoms with Crippen LogP contribution in [0, 0.1) is 5.82 Å². The Labute approximate surface area is 135 Å². The predicted octanol–water partition coefficient (Wildman–Crippen LogP) is 3.31. The number of halogens is 4. The zero-order valence-electron chi connectivity index (χ0n) is 12.5. The van der Waals surface area contributed by atoms with Gasteiger partial charge in [-0.05, 0) is 35.7 Å². The number of hydrogen-bond acceptors (Lipinski definition) is 2. The summed E-state index contributed by atoms with van der Waals surface area (Å²) in [4.78, 5) is 11.9. The molecule has 1 amide bonds. The van der Waals surface area contributed by atoms with Gasteiger partial charge in [0.25, 0.3) is 5.91 Å². The second-order valence-corrected chi connectivity index (χ2v) is 5.17. The van der Waals surface area contributed by atoms with Gasteiger partial charge in [-0.2, -0.15) is 13.2 Å². The van der Waals surface area contributed by atoms with Gasteiger partial charge in [0.2, 0.25) is 0 Å². The SMILES string of the molecule is O=C(NCCc1ccc(CO)cc1)c1ccc(F)cc1C(F)(F)F. The van der Waals surface area contributed by atoms with Crippen molar-refractivity contribution in [2.24, 2.45) is 0 Å². The number of aliphatic hydroxyl groups excluding tert-OH is 1. The molecule has 0 saturated carbocycles. The molecular weight excluding hydrogens is 326 g/mol. The monoisotopic (exact) mass is 341 g/mol. The highest BCUT2D eigenvalue weighted by Gasteiger charge is 2.35. The van der Waals surface area contributed by atoms with Crippen molar-refractivity contribution >= 4 is 5.91 Å². The molecule has 0 aliphatic carbocycles. The summed E-state index contributed by atoms with van der Waals surface area (Å²) in [5.74, 6) is -1.96. The summed E-state index contributed by atoms with van der Waals surface area (Å²) >= 11 is 0. The number of aliphatic hydroxyl groups is 1. The van der Waals surface area contributed by atoms with Gasteiger partial charge < -0.3 is 10.4 Å². The Morgan fingerprint density at radius 3 is 2.25 bits per heavy atom. The topological polar surface area (TPSA) is 49.3 Å². The lowest BCUT2D eigenvalue weighted by Gasteiger charge is -2.13. The molecule has 0 atom stereocenters. The van der Waals surface area contributed by atoms with Gasteiger partial charge in [-0.3, -0.25) is 4.79 Å². The van der Waals surface area contributed by atoms with Crippen LogP contribution in [0.2, 0.25) is 0 Å². The fraction of sp³-hybridized carbons (Fsp3) is 0.235. The molecule has 0 aromatic heterocycles. The molecule has 0 bridgehead atoms. The highest BCUT2D eigenvalue weighted by Crippen LogP contribution is 2.32. The third-order valence-corrected chi connectivity index (χ3v) is 3.44. The first-order valence-corrected chi connectivity index (χ1v) is 7.15. The van der Waals surface area contributed by atoms with E-state index in [-0.39, 0.29) is 13.2 Å². The molecule has 2 aromatic rings. The molecule has 24 heavy (non-hydrogen) atoms. The lowest BCUT2D eigenvalue weighted by atomic mass is 10.1. The van der Waals surface area contributed by atoms with E-state index in [1.807, 2.05) is 0 Å². The highest BCUT2D eigenvalue weighted by atomic mass is 19.4. The van der Waals surface area contributed by atoms with Crippen LogP contribution in [0.5, 0.6) is 0 Å². The van der Waals surface area contributed by atoms with Gasteiger partial charge in [0, 0.05) is 6.54 Å². The molecule has 0 spiro atoms. The van der Waals surface area contributed by atoms with E-state index in [1.165, 1.54) is 0 Å². The van der Waals surface area contributed by atoms with Gasteiger partial charge in [0.1, 0.15) is 5.82 Å². The molecule has 2 rings (SSSR count). The van der Waals surface area contributed by atoms with Gasteiger partial charge >= 0.3 is 6.18 Å². The molecule has 3 nitrogen and oxygen atoms in total. The Bertz CT molecular complexity index is 712. The zero-order valence-corrected chi connectivity index (χ0v) is 12.5.